The van der Waals surface area contributed by atoms with E-state index in [-0.39, 0.29) is 0 Å². The molecule has 0 bridgehead atoms. The molecule has 0 heterocycles. The number of thioether (sulfide) groups is 3. The first-order valence-electron chi connectivity index (χ1n) is 4.74. The van der Waals surface area contributed by atoms with Crippen molar-refractivity contribution in [1.29, 1.82) is 0 Å². The lowest BCUT2D eigenvalue weighted by molar-refractivity contribution is 1.27. The van der Waals surface area contributed by atoms with Crippen LogP contribution in [-0.4, -0.2) is 28.2 Å². The van der Waals surface area contributed by atoms with E-state index >= 15 is 0 Å². The smallest absolute Gasteiger partial charge is 0.142 e. The highest BCUT2D eigenvalue weighted by molar-refractivity contribution is 8.38. The first kappa shape index (κ1) is 15.0. The van der Waals surface area contributed by atoms with Crippen molar-refractivity contribution in [2.75, 3.05) is 18.8 Å². The number of hydrogen-bond acceptors (Lipinski definition) is 5. The molecule has 0 saturated heterocycles. The van der Waals surface area contributed by atoms with Crippen LogP contribution in [0.2, 0.25) is 5.02 Å². The molecular weight excluding hydrogens is 292 g/mol. The molecule has 1 rings (SSSR count). The molecule has 0 aliphatic heterocycles. The second-order valence-electron chi connectivity index (χ2n) is 2.89. The fourth-order valence-electron chi connectivity index (χ4n) is 1.06. The van der Waals surface area contributed by atoms with E-state index in [1.54, 1.807) is 35.3 Å². The Hall–Kier alpha value is -0.100. The normalized spacial score (nSPS) is 11.4. The monoisotopic (exact) mass is 304 g/mol. The average molecular weight is 305 g/mol. The Morgan fingerprint density at radius 3 is 2.00 bits per heavy atom. The molecule has 0 aliphatic carbocycles. The molecule has 0 amide bonds. The van der Waals surface area contributed by atoms with Gasteiger partial charge in [0.25, 0.3) is 0 Å². The highest BCUT2D eigenvalue weighted by Gasteiger charge is 2.02. The second kappa shape index (κ2) is 8.08. The van der Waals surface area contributed by atoms with Crippen LogP contribution >= 0.6 is 46.9 Å². The first-order chi connectivity index (χ1) is 8.21. The van der Waals surface area contributed by atoms with Gasteiger partial charge in [0.2, 0.25) is 0 Å². The van der Waals surface area contributed by atoms with Crippen LogP contribution in [0.3, 0.4) is 0 Å². The Balaban J connectivity index is 2.95. The summed E-state index contributed by atoms with van der Waals surface area (Å²) < 4.78 is 0.950. The first-order valence-corrected chi connectivity index (χ1v) is 8.80. The Kier molecular flexibility index (Phi) is 7.11. The third-order valence-electron chi connectivity index (χ3n) is 1.86. The Labute approximate surface area is 120 Å². The van der Waals surface area contributed by atoms with Crippen LogP contribution in [0.15, 0.2) is 34.5 Å². The molecule has 0 spiro atoms. The van der Waals surface area contributed by atoms with E-state index in [0.717, 1.165) is 20.0 Å². The maximum atomic E-state index is 5.85. The highest BCUT2D eigenvalue weighted by Crippen LogP contribution is 2.17. The van der Waals surface area contributed by atoms with Gasteiger partial charge in [-0.15, -0.1) is 45.5 Å². The molecular formula is C11H13ClN2S3. The quantitative estimate of drug-likeness (QED) is 0.458. The molecule has 0 aromatic heterocycles. The van der Waals surface area contributed by atoms with Crippen LogP contribution < -0.4 is 0 Å². The van der Waals surface area contributed by atoms with E-state index in [4.69, 9.17) is 11.6 Å². The minimum absolute atomic E-state index is 0.728. The molecule has 0 aliphatic rings. The topological polar surface area (TPSA) is 24.7 Å². The third kappa shape index (κ3) is 4.95. The summed E-state index contributed by atoms with van der Waals surface area (Å²) in [6, 6.07) is 7.61. The molecule has 1 aromatic rings. The second-order valence-corrected chi connectivity index (χ2v) is 5.97. The van der Waals surface area contributed by atoms with Crippen molar-refractivity contribution >= 4 is 56.3 Å². The Bertz CT molecular complexity index is 409. The number of rotatable bonds is 2. The van der Waals surface area contributed by atoms with Gasteiger partial charge in [0.15, 0.2) is 4.38 Å². The minimum Gasteiger partial charge on any atom is -0.142 e. The highest BCUT2D eigenvalue weighted by atomic mass is 35.5. The minimum atomic E-state index is 0.728. The maximum Gasteiger partial charge on any atom is 0.152 e. The lowest BCUT2D eigenvalue weighted by atomic mass is 10.2. The van der Waals surface area contributed by atoms with Crippen molar-refractivity contribution in [2.24, 2.45) is 10.2 Å². The molecule has 6 heteroatoms. The molecule has 0 saturated carbocycles. The zero-order chi connectivity index (χ0) is 12.7. The van der Waals surface area contributed by atoms with Gasteiger partial charge < -0.3 is 0 Å². The summed E-state index contributed by atoms with van der Waals surface area (Å²) in [5, 5.41) is 10.1. The van der Waals surface area contributed by atoms with Gasteiger partial charge in [0.1, 0.15) is 5.04 Å². The summed E-state index contributed by atoms with van der Waals surface area (Å²) in [5.41, 5.74) is 1.03. The zero-order valence-corrected chi connectivity index (χ0v) is 13.0. The van der Waals surface area contributed by atoms with Gasteiger partial charge in [-0.05, 0) is 30.9 Å². The molecule has 0 radical (unpaired) electrons. The van der Waals surface area contributed by atoms with Crippen molar-refractivity contribution in [3.63, 3.8) is 0 Å². The van der Waals surface area contributed by atoms with Gasteiger partial charge in [0.05, 0.1) is 0 Å². The summed E-state index contributed by atoms with van der Waals surface area (Å²) in [4.78, 5) is 0. The predicted octanol–water partition coefficient (Wildman–Crippen LogP) is 4.45. The lowest BCUT2D eigenvalue weighted by Crippen LogP contribution is -1.94. The van der Waals surface area contributed by atoms with E-state index in [1.807, 2.05) is 43.0 Å². The number of halogens is 1. The molecule has 2 nitrogen and oxygen atoms in total. The largest absolute Gasteiger partial charge is 0.152 e. The number of hydrogen-bond donors (Lipinski definition) is 0. The van der Waals surface area contributed by atoms with Crippen LogP contribution in [0, 0.1) is 0 Å². The number of nitrogens with zero attached hydrogens (tertiary/aromatic N) is 2. The van der Waals surface area contributed by atoms with Gasteiger partial charge in [-0.2, -0.15) is 0 Å². The molecule has 0 atom stereocenters. The SMILES string of the molecule is CSC(=N/N=C(\SC)c1ccc(Cl)cc1)SC. The van der Waals surface area contributed by atoms with E-state index in [0.29, 0.717) is 0 Å². The van der Waals surface area contributed by atoms with Gasteiger partial charge in [-0.3, -0.25) is 0 Å². The fourth-order valence-corrected chi connectivity index (χ4v) is 2.59. The van der Waals surface area contributed by atoms with Crippen LogP contribution in [-0.2, 0) is 0 Å². The molecule has 1 aromatic carbocycles. The van der Waals surface area contributed by atoms with Crippen molar-refractivity contribution in [3.8, 4) is 0 Å². The van der Waals surface area contributed by atoms with Crippen LogP contribution in [0.5, 0.6) is 0 Å². The van der Waals surface area contributed by atoms with Gasteiger partial charge in [-0.1, -0.05) is 23.7 Å². The van der Waals surface area contributed by atoms with Crippen LogP contribution in [0.4, 0.5) is 0 Å². The van der Waals surface area contributed by atoms with Crippen molar-refractivity contribution in [3.05, 3.63) is 34.9 Å². The van der Waals surface area contributed by atoms with Crippen molar-refractivity contribution < 1.29 is 0 Å². The van der Waals surface area contributed by atoms with Crippen LogP contribution in [0.1, 0.15) is 5.56 Å². The van der Waals surface area contributed by atoms with Crippen molar-refractivity contribution in [2.45, 2.75) is 0 Å². The predicted molar refractivity (Wildman–Crippen MR) is 86.0 cm³/mol. The molecule has 0 unspecified atom stereocenters. The van der Waals surface area contributed by atoms with E-state index in [2.05, 4.69) is 10.2 Å². The van der Waals surface area contributed by atoms with E-state index < -0.39 is 0 Å². The molecule has 92 valence electrons. The van der Waals surface area contributed by atoms with Gasteiger partial charge in [0, 0.05) is 10.6 Å². The third-order valence-corrected chi connectivity index (χ3v) is 4.67. The van der Waals surface area contributed by atoms with Gasteiger partial charge >= 0.3 is 0 Å². The fraction of sp³-hybridized carbons (Fsp3) is 0.273. The lowest BCUT2D eigenvalue weighted by Gasteiger charge is -2.01. The summed E-state index contributed by atoms with van der Waals surface area (Å²) in [6.45, 7) is 0. The van der Waals surface area contributed by atoms with Crippen molar-refractivity contribution in [1.82, 2.24) is 0 Å². The van der Waals surface area contributed by atoms with E-state index in [1.165, 1.54) is 0 Å². The van der Waals surface area contributed by atoms with Gasteiger partial charge in [-0.25, -0.2) is 0 Å². The summed E-state index contributed by atoms with van der Waals surface area (Å²) >= 11 is 10.6. The van der Waals surface area contributed by atoms with E-state index in [9.17, 15) is 0 Å². The summed E-state index contributed by atoms with van der Waals surface area (Å²) in [5.74, 6) is 0. The average Bonchev–Trinajstić information content (AvgIpc) is 2.36. The molecule has 17 heavy (non-hydrogen) atoms. The molecule has 0 fully saturated rings. The summed E-state index contributed by atoms with van der Waals surface area (Å²) in [6.07, 6.45) is 5.97. The maximum absolute atomic E-state index is 5.85. The van der Waals surface area contributed by atoms with Crippen LogP contribution in [0.25, 0.3) is 0 Å². The Morgan fingerprint density at radius 2 is 1.53 bits per heavy atom. The standard InChI is InChI=1S/C11H13ClN2S3/c1-15-10(13-14-11(16-2)17-3)8-4-6-9(12)7-5-8/h4-7H,1-3H3/b13-10-. The zero-order valence-electron chi connectivity index (χ0n) is 9.81. The molecule has 0 N–H and O–H groups in total. The number of benzene rings is 1. The summed E-state index contributed by atoms with van der Waals surface area (Å²) in [7, 11) is 0. The Morgan fingerprint density at radius 1 is 0.941 bits per heavy atom.